The Labute approximate surface area is 115 Å². The fraction of sp³-hybridized carbons (Fsp3) is 0.0909. The average Bonchev–Trinajstić information content (AvgIpc) is 2.21. The van der Waals surface area contributed by atoms with Gasteiger partial charge in [-0.3, -0.25) is 0 Å². The lowest BCUT2D eigenvalue weighted by atomic mass is 10.2. The summed E-state index contributed by atoms with van der Waals surface area (Å²) >= 11 is 6.65. The molecule has 0 atom stereocenters. The van der Waals surface area contributed by atoms with Gasteiger partial charge in [0.15, 0.2) is 0 Å². The Morgan fingerprint density at radius 1 is 1.18 bits per heavy atom. The molecule has 2 N–H and O–H groups in total. The largest absolute Gasteiger partial charge is 0.423 e. The number of nitrogen functional groups attached to an aromatic ring is 1. The summed E-state index contributed by atoms with van der Waals surface area (Å²) in [6.45, 7) is 2.00. The van der Waals surface area contributed by atoms with Gasteiger partial charge in [-0.1, -0.05) is 6.07 Å². The fourth-order valence-electron chi connectivity index (χ4n) is 1.25. The van der Waals surface area contributed by atoms with Crippen LogP contribution in [0.25, 0.3) is 0 Å². The SMILES string of the molecule is Cc1ccc(Oc2nc(N)cc(Br)n2)c(Br)c1. The zero-order valence-electron chi connectivity index (χ0n) is 8.95. The molecule has 0 saturated heterocycles. The van der Waals surface area contributed by atoms with Crippen molar-refractivity contribution in [1.82, 2.24) is 9.97 Å². The summed E-state index contributed by atoms with van der Waals surface area (Å²) in [6.07, 6.45) is 0. The number of nitrogens with two attached hydrogens (primary N) is 1. The van der Waals surface area contributed by atoms with Crippen molar-refractivity contribution < 1.29 is 4.74 Å². The molecule has 4 nitrogen and oxygen atoms in total. The van der Waals surface area contributed by atoms with Gasteiger partial charge < -0.3 is 10.5 Å². The first kappa shape index (κ1) is 12.3. The van der Waals surface area contributed by atoms with Crippen molar-refractivity contribution in [3.8, 4) is 11.8 Å². The summed E-state index contributed by atoms with van der Waals surface area (Å²) in [5.74, 6) is 0.998. The number of aryl methyl sites for hydroxylation is 1. The molecule has 0 saturated carbocycles. The van der Waals surface area contributed by atoms with Crippen LogP contribution in [0.3, 0.4) is 0 Å². The Kier molecular flexibility index (Phi) is 3.63. The Morgan fingerprint density at radius 3 is 2.59 bits per heavy atom. The van der Waals surface area contributed by atoms with E-state index >= 15 is 0 Å². The summed E-state index contributed by atoms with van der Waals surface area (Å²) in [5, 5.41) is 0. The summed E-state index contributed by atoms with van der Waals surface area (Å²) in [5.41, 5.74) is 6.74. The van der Waals surface area contributed by atoms with E-state index in [1.165, 1.54) is 0 Å². The molecule has 2 rings (SSSR count). The average molecular weight is 359 g/mol. The van der Waals surface area contributed by atoms with E-state index in [-0.39, 0.29) is 6.01 Å². The van der Waals surface area contributed by atoms with Crippen LogP contribution in [-0.2, 0) is 0 Å². The van der Waals surface area contributed by atoms with Gasteiger partial charge >= 0.3 is 6.01 Å². The van der Waals surface area contributed by atoms with Gasteiger partial charge in [0.05, 0.1) is 4.47 Å². The topological polar surface area (TPSA) is 61.0 Å². The zero-order chi connectivity index (χ0) is 12.4. The van der Waals surface area contributed by atoms with E-state index in [1.54, 1.807) is 6.07 Å². The summed E-state index contributed by atoms with van der Waals surface area (Å²) < 4.78 is 6.98. The van der Waals surface area contributed by atoms with E-state index < -0.39 is 0 Å². The molecule has 0 aliphatic rings. The zero-order valence-corrected chi connectivity index (χ0v) is 12.1. The number of halogens is 2. The third kappa shape index (κ3) is 3.17. The maximum absolute atomic E-state index is 5.60. The van der Waals surface area contributed by atoms with Gasteiger partial charge in [0.25, 0.3) is 0 Å². The molecule has 0 bridgehead atoms. The van der Waals surface area contributed by atoms with Gasteiger partial charge in [0.2, 0.25) is 0 Å². The minimum Gasteiger partial charge on any atom is -0.423 e. The molecule has 0 unspecified atom stereocenters. The van der Waals surface area contributed by atoms with E-state index in [0.29, 0.717) is 16.2 Å². The summed E-state index contributed by atoms with van der Waals surface area (Å²) in [4.78, 5) is 8.06. The molecule has 17 heavy (non-hydrogen) atoms. The quantitative estimate of drug-likeness (QED) is 0.831. The monoisotopic (exact) mass is 357 g/mol. The highest BCUT2D eigenvalue weighted by Gasteiger charge is 2.06. The Bertz CT molecular complexity index is 540. The van der Waals surface area contributed by atoms with E-state index in [4.69, 9.17) is 10.5 Å². The molecule has 6 heteroatoms. The first-order valence-corrected chi connectivity index (χ1v) is 6.37. The van der Waals surface area contributed by atoms with Crippen LogP contribution in [-0.4, -0.2) is 9.97 Å². The van der Waals surface area contributed by atoms with Crippen LogP contribution in [0.2, 0.25) is 0 Å². The molecule has 2 aromatic rings. The molecule has 1 aromatic carbocycles. The molecule has 88 valence electrons. The van der Waals surface area contributed by atoms with Crippen LogP contribution in [0.4, 0.5) is 5.82 Å². The predicted octanol–water partition coefficient (Wildman–Crippen LogP) is 3.68. The molecule has 0 amide bonds. The van der Waals surface area contributed by atoms with Crippen molar-refractivity contribution in [3.05, 3.63) is 38.9 Å². The highest BCUT2D eigenvalue weighted by molar-refractivity contribution is 9.10. The number of anilines is 1. The molecule has 0 spiro atoms. The molecule has 1 aromatic heterocycles. The van der Waals surface area contributed by atoms with Crippen molar-refractivity contribution in [2.45, 2.75) is 6.92 Å². The first-order chi connectivity index (χ1) is 8.04. The number of hydrogen-bond acceptors (Lipinski definition) is 4. The van der Waals surface area contributed by atoms with Crippen LogP contribution >= 0.6 is 31.9 Å². The molecular weight excluding hydrogens is 350 g/mol. The normalized spacial score (nSPS) is 10.3. The summed E-state index contributed by atoms with van der Waals surface area (Å²) in [7, 11) is 0. The van der Waals surface area contributed by atoms with Crippen LogP contribution in [0, 0.1) is 6.92 Å². The predicted molar refractivity (Wildman–Crippen MR) is 73.1 cm³/mol. The Hall–Kier alpha value is -1.14. The lowest BCUT2D eigenvalue weighted by Gasteiger charge is -2.07. The summed E-state index contributed by atoms with van der Waals surface area (Å²) in [6, 6.07) is 7.57. The van der Waals surface area contributed by atoms with E-state index in [1.807, 2.05) is 25.1 Å². The minimum absolute atomic E-state index is 0.210. The molecular formula is C11H9Br2N3O. The third-order valence-electron chi connectivity index (χ3n) is 1.98. The number of benzene rings is 1. The van der Waals surface area contributed by atoms with E-state index in [9.17, 15) is 0 Å². The number of nitrogens with zero attached hydrogens (tertiary/aromatic N) is 2. The fourth-order valence-corrected chi connectivity index (χ4v) is 2.21. The number of hydrogen-bond donors (Lipinski definition) is 1. The van der Waals surface area contributed by atoms with Gasteiger partial charge in [-0.2, -0.15) is 9.97 Å². The molecule has 1 heterocycles. The van der Waals surface area contributed by atoms with Gasteiger partial charge in [0.1, 0.15) is 16.2 Å². The molecule has 0 aliphatic heterocycles. The van der Waals surface area contributed by atoms with Gasteiger partial charge in [-0.05, 0) is 56.5 Å². The third-order valence-corrected chi connectivity index (χ3v) is 3.01. The van der Waals surface area contributed by atoms with Crippen LogP contribution in [0.5, 0.6) is 11.8 Å². The van der Waals surface area contributed by atoms with Gasteiger partial charge in [-0.15, -0.1) is 0 Å². The second-order valence-corrected chi connectivity index (χ2v) is 5.10. The van der Waals surface area contributed by atoms with Gasteiger partial charge in [0, 0.05) is 6.07 Å². The standard InChI is InChI=1S/C11H9Br2N3O/c1-6-2-3-8(7(12)4-6)17-11-15-9(13)5-10(14)16-11/h2-5H,1H3,(H2,14,15,16). The lowest BCUT2D eigenvalue weighted by molar-refractivity contribution is 0.439. The smallest absolute Gasteiger partial charge is 0.325 e. The highest BCUT2D eigenvalue weighted by Crippen LogP contribution is 2.29. The second-order valence-electron chi connectivity index (χ2n) is 3.43. The van der Waals surface area contributed by atoms with Crippen molar-refractivity contribution >= 4 is 37.7 Å². The first-order valence-electron chi connectivity index (χ1n) is 4.78. The molecule has 0 fully saturated rings. The van der Waals surface area contributed by atoms with Crippen LogP contribution in [0.1, 0.15) is 5.56 Å². The Morgan fingerprint density at radius 2 is 1.94 bits per heavy atom. The maximum Gasteiger partial charge on any atom is 0.325 e. The highest BCUT2D eigenvalue weighted by atomic mass is 79.9. The number of aromatic nitrogens is 2. The van der Waals surface area contributed by atoms with Crippen molar-refractivity contribution in [3.63, 3.8) is 0 Å². The number of ether oxygens (including phenoxy) is 1. The van der Waals surface area contributed by atoms with Crippen LogP contribution < -0.4 is 10.5 Å². The van der Waals surface area contributed by atoms with E-state index in [2.05, 4.69) is 41.8 Å². The second kappa shape index (κ2) is 5.01. The van der Waals surface area contributed by atoms with Crippen LogP contribution in [0.15, 0.2) is 33.3 Å². The van der Waals surface area contributed by atoms with Crippen molar-refractivity contribution in [2.75, 3.05) is 5.73 Å². The van der Waals surface area contributed by atoms with Gasteiger partial charge in [-0.25, -0.2) is 0 Å². The lowest BCUT2D eigenvalue weighted by Crippen LogP contribution is -1.97. The minimum atomic E-state index is 0.210. The van der Waals surface area contributed by atoms with Crippen molar-refractivity contribution in [1.29, 1.82) is 0 Å². The van der Waals surface area contributed by atoms with Crippen molar-refractivity contribution in [2.24, 2.45) is 0 Å². The van der Waals surface area contributed by atoms with E-state index in [0.717, 1.165) is 10.0 Å². The maximum atomic E-state index is 5.60. The number of rotatable bonds is 2. The molecule has 0 aliphatic carbocycles. The Balaban J connectivity index is 2.31. The molecule has 0 radical (unpaired) electrons.